The van der Waals surface area contributed by atoms with E-state index < -0.39 is 0 Å². The summed E-state index contributed by atoms with van der Waals surface area (Å²) in [6, 6.07) is 5.76. The Kier molecular flexibility index (Phi) is 3.22. The molecule has 0 radical (unpaired) electrons. The van der Waals surface area contributed by atoms with Crippen LogP contribution in [0.15, 0.2) is 28.7 Å². The van der Waals surface area contributed by atoms with E-state index in [4.69, 9.17) is 9.15 Å². The quantitative estimate of drug-likeness (QED) is 0.918. The number of hydrogen-bond acceptors (Lipinski definition) is 3. The number of amides is 1. The highest BCUT2D eigenvalue weighted by Gasteiger charge is 2.30. The van der Waals surface area contributed by atoms with Gasteiger partial charge in [0.15, 0.2) is 5.76 Å². The fourth-order valence-corrected chi connectivity index (χ4v) is 2.41. The second-order valence-corrected chi connectivity index (χ2v) is 5.42. The molecule has 0 spiro atoms. The molecular formula is C15H16FNO3. The highest BCUT2D eigenvalue weighted by Crippen LogP contribution is 2.23. The van der Waals surface area contributed by atoms with Crippen LogP contribution in [0.1, 0.15) is 30.3 Å². The van der Waals surface area contributed by atoms with Crippen molar-refractivity contribution in [3.8, 4) is 0 Å². The summed E-state index contributed by atoms with van der Waals surface area (Å²) in [5.41, 5.74) is 0.230. The first-order valence-corrected chi connectivity index (χ1v) is 6.65. The molecule has 1 amide bonds. The van der Waals surface area contributed by atoms with Crippen molar-refractivity contribution in [2.45, 2.75) is 25.3 Å². The summed E-state index contributed by atoms with van der Waals surface area (Å²) in [4.78, 5) is 12.2. The minimum atomic E-state index is -0.346. The van der Waals surface area contributed by atoms with Crippen molar-refractivity contribution in [1.82, 2.24) is 5.32 Å². The molecule has 4 nitrogen and oxygen atoms in total. The fourth-order valence-electron chi connectivity index (χ4n) is 2.41. The maximum Gasteiger partial charge on any atom is 0.287 e. The van der Waals surface area contributed by atoms with Gasteiger partial charge in [-0.1, -0.05) is 0 Å². The van der Waals surface area contributed by atoms with Gasteiger partial charge in [0.05, 0.1) is 0 Å². The molecular weight excluding hydrogens is 261 g/mol. The van der Waals surface area contributed by atoms with Crippen molar-refractivity contribution in [3.05, 3.63) is 35.8 Å². The van der Waals surface area contributed by atoms with Crippen molar-refractivity contribution in [2.75, 3.05) is 13.2 Å². The van der Waals surface area contributed by atoms with Crippen LogP contribution in [-0.4, -0.2) is 24.7 Å². The van der Waals surface area contributed by atoms with Crippen LogP contribution < -0.4 is 5.32 Å². The van der Waals surface area contributed by atoms with Gasteiger partial charge in [-0.3, -0.25) is 4.79 Å². The molecule has 2 heterocycles. The summed E-state index contributed by atoms with van der Waals surface area (Å²) in [5.74, 6) is -0.411. The molecule has 0 saturated carbocycles. The van der Waals surface area contributed by atoms with E-state index in [0.29, 0.717) is 24.2 Å². The highest BCUT2D eigenvalue weighted by atomic mass is 19.1. The minimum Gasteiger partial charge on any atom is -0.451 e. The summed E-state index contributed by atoms with van der Waals surface area (Å²) in [6.07, 6.45) is 1.54. The Bertz CT molecular complexity index is 644. The lowest BCUT2D eigenvalue weighted by Crippen LogP contribution is -2.49. The van der Waals surface area contributed by atoms with Crippen LogP contribution >= 0.6 is 0 Å². The van der Waals surface area contributed by atoms with E-state index >= 15 is 0 Å². The molecule has 1 fully saturated rings. The predicted octanol–water partition coefficient (Wildman–Crippen LogP) is 2.87. The largest absolute Gasteiger partial charge is 0.451 e. The van der Waals surface area contributed by atoms with Gasteiger partial charge < -0.3 is 14.5 Å². The minimum absolute atomic E-state index is 0.207. The number of ether oxygens (including phenoxy) is 1. The average Bonchev–Trinajstić information content (AvgIpc) is 2.82. The molecule has 0 bridgehead atoms. The number of halogens is 1. The Balaban J connectivity index is 1.81. The standard InChI is InChI=1S/C15H16FNO3/c1-15(4-6-19-7-5-15)17-14(18)13-9-10-8-11(16)2-3-12(10)20-13/h2-3,8-9H,4-7H2,1H3,(H,17,18). The Morgan fingerprint density at radius 3 is 2.80 bits per heavy atom. The topological polar surface area (TPSA) is 51.5 Å². The molecule has 0 aliphatic carbocycles. The molecule has 20 heavy (non-hydrogen) atoms. The van der Waals surface area contributed by atoms with Gasteiger partial charge in [-0.15, -0.1) is 0 Å². The van der Waals surface area contributed by atoms with Crippen LogP contribution in [0.5, 0.6) is 0 Å². The Morgan fingerprint density at radius 1 is 1.30 bits per heavy atom. The molecule has 1 aromatic carbocycles. The van der Waals surface area contributed by atoms with E-state index in [1.165, 1.54) is 18.2 Å². The van der Waals surface area contributed by atoms with Crippen molar-refractivity contribution in [3.63, 3.8) is 0 Å². The molecule has 5 heteroatoms. The lowest BCUT2D eigenvalue weighted by molar-refractivity contribution is 0.0415. The molecule has 1 aromatic heterocycles. The maximum absolute atomic E-state index is 13.1. The molecule has 1 aliphatic heterocycles. The molecule has 0 atom stereocenters. The van der Waals surface area contributed by atoms with E-state index in [1.54, 1.807) is 6.07 Å². The summed E-state index contributed by atoms with van der Waals surface area (Å²) in [7, 11) is 0. The summed E-state index contributed by atoms with van der Waals surface area (Å²) < 4.78 is 23.9. The molecule has 1 saturated heterocycles. The Morgan fingerprint density at radius 2 is 2.05 bits per heavy atom. The first kappa shape index (κ1) is 13.1. The normalized spacial score (nSPS) is 18.1. The van der Waals surface area contributed by atoms with Crippen molar-refractivity contribution < 1.29 is 18.3 Å². The average molecular weight is 277 g/mol. The Hall–Kier alpha value is -1.88. The van der Waals surface area contributed by atoms with E-state index in [9.17, 15) is 9.18 Å². The molecule has 1 aliphatic rings. The third-order valence-corrected chi connectivity index (χ3v) is 3.71. The summed E-state index contributed by atoms with van der Waals surface area (Å²) in [6.45, 7) is 3.28. The van der Waals surface area contributed by atoms with Crippen molar-refractivity contribution >= 4 is 16.9 Å². The lowest BCUT2D eigenvalue weighted by atomic mass is 9.92. The molecule has 0 unspecified atom stereocenters. The van der Waals surface area contributed by atoms with Gasteiger partial charge >= 0.3 is 0 Å². The third kappa shape index (κ3) is 2.54. The number of rotatable bonds is 2. The number of carbonyl (C=O) groups excluding carboxylic acids is 1. The van der Waals surface area contributed by atoms with Crippen LogP contribution in [0.2, 0.25) is 0 Å². The monoisotopic (exact) mass is 277 g/mol. The van der Waals surface area contributed by atoms with Gasteiger partial charge in [-0.2, -0.15) is 0 Å². The third-order valence-electron chi connectivity index (χ3n) is 3.71. The van der Waals surface area contributed by atoms with Crippen LogP contribution in [-0.2, 0) is 4.74 Å². The maximum atomic E-state index is 13.1. The van der Waals surface area contributed by atoms with E-state index in [0.717, 1.165) is 12.8 Å². The second-order valence-electron chi connectivity index (χ2n) is 5.42. The molecule has 3 rings (SSSR count). The van der Waals surface area contributed by atoms with Crippen LogP contribution in [0.25, 0.3) is 11.0 Å². The van der Waals surface area contributed by atoms with E-state index in [2.05, 4.69) is 5.32 Å². The second kappa shape index (κ2) is 4.90. The SMILES string of the molecule is CC1(NC(=O)c2cc3cc(F)ccc3o2)CCOCC1. The number of nitrogens with one attached hydrogen (secondary N) is 1. The zero-order chi connectivity index (χ0) is 14.2. The van der Waals surface area contributed by atoms with Crippen LogP contribution in [0.3, 0.4) is 0 Å². The van der Waals surface area contributed by atoms with E-state index in [-0.39, 0.29) is 23.0 Å². The van der Waals surface area contributed by atoms with Gasteiger partial charge in [0.25, 0.3) is 5.91 Å². The zero-order valence-electron chi connectivity index (χ0n) is 11.2. The van der Waals surface area contributed by atoms with Crippen LogP contribution in [0, 0.1) is 5.82 Å². The number of benzene rings is 1. The molecule has 2 aromatic rings. The molecule has 106 valence electrons. The fraction of sp³-hybridized carbons (Fsp3) is 0.400. The van der Waals surface area contributed by atoms with Gasteiger partial charge in [-0.05, 0) is 44.0 Å². The van der Waals surface area contributed by atoms with Crippen molar-refractivity contribution in [1.29, 1.82) is 0 Å². The van der Waals surface area contributed by atoms with Gasteiger partial charge in [0, 0.05) is 24.1 Å². The lowest BCUT2D eigenvalue weighted by Gasteiger charge is -2.34. The number of hydrogen-bond donors (Lipinski definition) is 1. The highest BCUT2D eigenvalue weighted by molar-refractivity contribution is 5.96. The van der Waals surface area contributed by atoms with Crippen molar-refractivity contribution in [2.24, 2.45) is 0 Å². The number of furan rings is 1. The zero-order valence-corrected chi connectivity index (χ0v) is 11.2. The van der Waals surface area contributed by atoms with Gasteiger partial charge in [-0.25, -0.2) is 4.39 Å². The number of carbonyl (C=O) groups is 1. The first-order valence-electron chi connectivity index (χ1n) is 6.65. The predicted molar refractivity (Wildman–Crippen MR) is 72.1 cm³/mol. The summed E-state index contributed by atoms with van der Waals surface area (Å²) in [5, 5.41) is 3.57. The smallest absolute Gasteiger partial charge is 0.287 e. The van der Waals surface area contributed by atoms with Gasteiger partial charge in [0.1, 0.15) is 11.4 Å². The van der Waals surface area contributed by atoms with E-state index in [1.807, 2.05) is 6.92 Å². The van der Waals surface area contributed by atoms with Crippen LogP contribution in [0.4, 0.5) is 4.39 Å². The number of fused-ring (bicyclic) bond motifs is 1. The Labute approximate surface area is 115 Å². The summed E-state index contributed by atoms with van der Waals surface area (Å²) >= 11 is 0. The first-order chi connectivity index (χ1) is 9.56. The van der Waals surface area contributed by atoms with Gasteiger partial charge in [0.2, 0.25) is 0 Å². The molecule has 1 N–H and O–H groups in total.